The van der Waals surface area contributed by atoms with E-state index in [1.54, 1.807) is 39.8 Å². The van der Waals surface area contributed by atoms with Crippen LogP contribution in [0.15, 0.2) is 52.3 Å². The minimum atomic E-state index is -3.89. The van der Waals surface area contributed by atoms with Crippen molar-refractivity contribution in [3.05, 3.63) is 80.9 Å². The van der Waals surface area contributed by atoms with Crippen LogP contribution in [0.5, 0.6) is 0 Å². The first-order chi connectivity index (χ1) is 15.2. The van der Waals surface area contributed by atoms with Gasteiger partial charge in [0.25, 0.3) is 20.0 Å². The topological polar surface area (TPSA) is 92.3 Å². The van der Waals surface area contributed by atoms with Crippen LogP contribution in [-0.4, -0.2) is 16.8 Å². The molecule has 3 aromatic rings. The molecule has 0 amide bonds. The quantitative estimate of drug-likeness (QED) is 0.442. The number of benzene rings is 3. The number of hydrogen-bond donors (Lipinski definition) is 2. The normalized spacial score (nSPS) is 12.0. The van der Waals surface area contributed by atoms with Crippen LogP contribution in [0, 0.1) is 41.5 Å². The Labute approximate surface area is 201 Å². The van der Waals surface area contributed by atoms with Gasteiger partial charge in [0.15, 0.2) is 0 Å². The molecular weight excluding hydrogens is 480 g/mol. The van der Waals surface area contributed by atoms with Crippen molar-refractivity contribution >= 4 is 43.0 Å². The van der Waals surface area contributed by atoms with Crippen molar-refractivity contribution in [1.82, 2.24) is 0 Å². The molecule has 0 aliphatic rings. The minimum Gasteiger partial charge on any atom is -0.280 e. The molecule has 0 heterocycles. The van der Waals surface area contributed by atoms with E-state index >= 15 is 0 Å². The summed E-state index contributed by atoms with van der Waals surface area (Å²) in [6, 6.07) is 11.5. The van der Waals surface area contributed by atoms with Gasteiger partial charge in [-0.2, -0.15) is 0 Å². The Kier molecular flexibility index (Phi) is 6.84. The van der Waals surface area contributed by atoms with Crippen molar-refractivity contribution in [2.45, 2.75) is 51.3 Å². The number of halogens is 1. The predicted octanol–water partition coefficient (Wildman–Crippen LogP) is 5.79. The Morgan fingerprint density at radius 2 is 1.00 bits per heavy atom. The highest BCUT2D eigenvalue weighted by molar-refractivity contribution is 7.93. The molecule has 0 saturated heterocycles. The van der Waals surface area contributed by atoms with Crippen LogP contribution in [0.1, 0.15) is 33.4 Å². The average molecular weight is 507 g/mol. The van der Waals surface area contributed by atoms with E-state index in [1.165, 1.54) is 18.2 Å². The lowest BCUT2D eigenvalue weighted by Crippen LogP contribution is -2.17. The fraction of sp³-hybridized carbons (Fsp3) is 0.250. The molecule has 2 N–H and O–H groups in total. The molecule has 0 aliphatic heterocycles. The monoisotopic (exact) mass is 506 g/mol. The number of hydrogen-bond acceptors (Lipinski definition) is 4. The van der Waals surface area contributed by atoms with E-state index < -0.39 is 20.0 Å². The van der Waals surface area contributed by atoms with Crippen LogP contribution < -0.4 is 9.44 Å². The van der Waals surface area contributed by atoms with E-state index in [2.05, 4.69) is 9.44 Å². The Bertz CT molecular complexity index is 1420. The van der Waals surface area contributed by atoms with Crippen LogP contribution in [-0.2, 0) is 20.0 Å². The van der Waals surface area contributed by atoms with Gasteiger partial charge in [-0.3, -0.25) is 9.44 Å². The second-order valence-electron chi connectivity index (χ2n) is 8.36. The molecule has 0 fully saturated rings. The summed E-state index contributed by atoms with van der Waals surface area (Å²) >= 11 is 6.32. The van der Waals surface area contributed by atoms with Crippen LogP contribution in [0.4, 0.5) is 11.4 Å². The molecule has 176 valence electrons. The molecule has 33 heavy (non-hydrogen) atoms. The lowest BCUT2D eigenvalue weighted by Gasteiger charge is -2.16. The Morgan fingerprint density at radius 1 is 0.606 bits per heavy atom. The fourth-order valence-corrected chi connectivity index (χ4v) is 7.57. The van der Waals surface area contributed by atoms with E-state index in [-0.39, 0.29) is 26.2 Å². The molecule has 0 aliphatic carbocycles. The SMILES string of the molecule is Cc1cc(C)c(S(=O)(=O)Nc2ccc(NS(=O)(=O)c3c(C)cc(C)cc3C)c(Cl)c2)c(C)c1. The Morgan fingerprint density at radius 3 is 1.39 bits per heavy atom. The maximum absolute atomic E-state index is 13.0. The van der Waals surface area contributed by atoms with E-state index in [9.17, 15) is 16.8 Å². The second-order valence-corrected chi connectivity index (χ2v) is 12.0. The third kappa shape index (κ3) is 5.34. The zero-order valence-electron chi connectivity index (χ0n) is 19.4. The van der Waals surface area contributed by atoms with E-state index in [4.69, 9.17) is 11.6 Å². The van der Waals surface area contributed by atoms with Gasteiger partial charge in [0, 0.05) is 0 Å². The molecule has 0 aromatic heterocycles. The van der Waals surface area contributed by atoms with Gasteiger partial charge >= 0.3 is 0 Å². The van der Waals surface area contributed by atoms with E-state index in [0.29, 0.717) is 22.3 Å². The lowest BCUT2D eigenvalue weighted by molar-refractivity contribution is 0.598. The van der Waals surface area contributed by atoms with Crippen LogP contribution >= 0.6 is 11.6 Å². The first-order valence-electron chi connectivity index (χ1n) is 10.2. The maximum Gasteiger partial charge on any atom is 0.262 e. The summed E-state index contributed by atoms with van der Waals surface area (Å²) in [6.07, 6.45) is 0. The van der Waals surface area contributed by atoms with Crippen molar-refractivity contribution in [3.8, 4) is 0 Å². The van der Waals surface area contributed by atoms with Crippen molar-refractivity contribution in [3.63, 3.8) is 0 Å². The summed E-state index contributed by atoms with van der Waals surface area (Å²) in [5, 5.41) is 0.0681. The first kappa shape index (κ1) is 25.1. The van der Waals surface area contributed by atoms with Crippen LogP contribution in [0.2, 0.25) is 5.02 Å². The van der Waals surface area contributed by atoms with Gasteiger partial charge in [0.2, 0.25) is 0 Å². The second kappa shape index (κ2) is 9.00. The molecule has 0 radical (unpaired) electrons. The zero-order chi connectivity index (χ0) is 24.7. The zero-order valence-corrected chi connectivity index (χ0v) is 21.8. The van der Waals surface area contributed by atoms with Crippen molar-refractivity contribution in [2.24, 2.45) is 0 Å². The molecule has 0 atom stereocenters. The fourth-order valence-electron chi connectivity index (χ4n) is 4.24. The molecule has 0 unspecified atom stereocenters. The highest BCUT2D eigenvalue weighted by Crippen LogP contribution is 2.31. The van der Waals surface area contributed by atoms with Gasteiger partial charge in [-0.1, -0.05) is 47.0 Å². The molecule has 6 nitrogen and oxygen atoms in total. The number of sulfonamides is 2. The maximum atomic E-state index is 13.0. The molecule has 3 aromatic carbocycles. The van der Waals surface area contributed by atoms with Gasteiger partial charge in [0.05, 0.1) is 26.2 Å². The number of nitrogens with one attached hydrogen (secondary N) is 2. The van der Waals surface area contributed by atoms with Crippen LogP contribution in [0.3, 0.4) is 0 Å². The third-order valence-electron chi connectivity index (χ3n) is 5.21. The molecule has 0 saturated carbocycles. The number of rotatable bonds is 6. The highest BCUT2D eigenvalue weighted by atomic mass is 35.5. The summed E-state index contributed by atoms with van der Waals surface area (Å²) < 4.78 is 57.1. The molecule has 0 spiro atoms. The number of anilines is 2. The molecule has 0 bridgehead atoms. The summed E-state index contributed by atoms with van der Waals surface area (Å²) in [6.45, 7) is 10.8. The smallest absolute Gasteiger partial charge is 0.262 e. The lowest BCUT2D eigenvalue weighted by atomic mass is 10.1. The first-order valence-corrected chi connectivity index (χ1v) is 13.6. The molecule has 3 rings (SSSR count). The van der Waals surface area contributed by atoms with E-state index in [1.807, 2.05) is 26.0 Å². The highest BCUT2D eigenvalue weighted by Gasteiger charge is 2.23. The van der Waals surface area contributed by atoms with Crippen LogP contribution in [0.25, 0.3) is 0 Å². The largest absolute Gasteiger partial charge is 0.280 e. The van der Waals surface area contributed by atoms with Crippen molar-refractivity contribution in [1.29, 1.82) is 0 Å². The van der Waals surface area contributed by atoms with Gasteiger partial charge in [-0.05, 0) is 82.0 Å². The minimum absolute atomic E-state index is 0.0681. The predicted molar refractivity (Wildman–Crippen MR) is 134 cm³/mol. The van der Waals surface area contributed by atoms with Gasteiger partial charge in [0.1, 0.15) is 0 Å². The summed E-state index contributed by atoms with van der Waals surface area (Å²) in [4.78, 5) is 0.401. The van der Waals surface area contributed by atoms with Gasteiger partial charge < -0.3 is 0 Å². The van der Waals surface area contributed by atoms with Gasteiger partial charge in [-0.25, -0.2) is 16.8 Å². The summed E-state index contributed by atoms with van der Waals surface area (Å²) in [5.41, 5.74) is 4.86. The summed E-state index contributed by atoms with van der Waals surface area (Å²) in [7, 11) is -7.76. The molecule has 9 heteroatoms. The van der Waals surface area contributed by atoms with E-state index in [0.717, 1.165) is 11.1 Å². The third-order valence-corrected chi connectivity index (χ3v) is 8.88. The van der Waals surface area contributed by atoms with Crippen molar-refractivity contribution in [2.75, 3.05) is 9.44 Å². The Balaban J connectivity index is 1.91. The van der Waals surface area contributed by atoms with Crippen molar-refractivity contribution < 1.29 is 16.8 Å². The average Bonchev–Trinajstić information content (AvgIpc) is 2.61. The Hall–Kier alpha value is -2.55. The standard InChI is InChI=1S/C24H27ClN2O4S2/c1-14-9-16(3)23(17(4)10-14)32(28,29)26-20-7-8-22(21(25)13-20)27-33(30,31)24-18(5)11-15(2)12-19(24)6/h7-13,26-27H,1-6H3. The van der Waals surface area contributed by atoms with Gasteiger partial charge in [-0.15, -0.1) is 0 Å². The molecular formula is C24H27ClN2O4S2. The summed E-state index contributed by atoms with van der Waals surface area (Å²) in [5.74, 6) is 0. The number of aryl methyl sites for hydroxylation is 6.